The van der Waals surface area contributed by atoms with Gasteiger partial charge in [-0.05, 0) is 13.8 Å². The maximum atomic E-state index is 3.64. The van der Waals surface area contributed by atoms with Crippen LogP contribution in [0.5, 0.6) is 0 Å². The van der Waals surface area contributed by atoms with Crippen molar-refractivity contribution in [1.82, 2.24) is 0 Å². The minimum absolute atomic E-state index is 0. The zero-order valence-electron chi connectivity index (χ0n) is 15.1. The summed E-state index contributed by atoms with van der Waals surface area (Å²) in [5, 5.41) is 0. The molecule has 0 aliphatic rings. The van der Waals surface area contributed by atoms with Gasteiger partial charge in [0.2, 0.25) is 0 Å². The van der Waals surface area contributed by atoms with Gasteiger partial charge in [0.1, 0.15) is 0 Å². The molecule has 0 fully saturated rings. The van der Waals surface area contributed by atoms with E-state index < -0.39 is 0 Å². The molecule has 0 rings (SSSR count). The molecule has 0 nitrogen and oxygen atoms in total. The van der Waals surface area contributed by atoms with Gasteiger partial charge >= 0.3 is 175 Å². The average molecular weight is 582 g/mol. The standard InChI is InChI=1S/2C4H9.2C3H6.7CH4.CH3.3Rb/c2*1-4(2)3;2*1-3-2;;;;;;;;;;;/h2*4H,1H2,2-3H3;2*3H,1H2,2H3;7*1H4;1H3;;;/q2*-1;;;;;;;;;;-1;3*+1. The Morgan fingerprint density at radius 2 is 0.560 bits per heavy atom. The van der Waals surface area contributed by atoms with Gasteiger partial charge in [-0.25, -0.2) is 0 Å². The topological polar surface area (TPSA) is 0 Å². The molecule has 0 saturated carbocycles. The Bertz CT molecular complexity index is 73.8. The summed E-state index contributed by atoms with van der Waals surface area (Å²) in [6, 6.07) is 0. The van der Waals surface area contributed by atoms with Crippen LogP contribution in [0.4, 0.5) is 0 Å². The molecule has 152 valence electrons. The summed E-state index contributed by atoms with van der Waals surface area (Å²) in [5.74, 6) is 1.17. The van der Waals surface area contributed by atoms with Crippen molar-refractivity contribution in [1.29, 1.82) is 0 Å². The minimum Gasteiger partial charge on any atom is -0.358 e. The molecule has 0 heterocycles. The number of allylic oxidation sites excluding steroid dienone is 2. The Labute approximate surface area is 318 Å². The summed E-state index contributed by atoms with van der Waals surface area (Å²) < 4.78 is 0. The first-order valence-corrected chi connectivity index (χ1v) is 5.10. The maximum Gasteiger partial charge on any atom is 1.00 e. The van der Waals surface area contributed by atoms with Gasteiger partial charge in [0.15, 0.2) is 0 Å². The SMILES string of the molecule is C.C.C.C.C.C.C.C=CC.C=CC.[CH2-]C(C)C.[CH2-]C(C)C.[CH3-].[Rb+].[Rb+].[Rb+]. The maximum absolute atomic E-state index is 3.64. The largest absolute Gasteiger partial charge is 1.00 e. The van der Waals surface area contributed by atoms with Crippen LogP contribution in [0.2, 0.25) is 0 Å². The van der Waals surface area contributed by atoms with Gasteiger partial charge < -0.3 is 21.3 Å². The van der Waals surface area contributed by atoms with E-state index in [9.17, 15) is 0 Å². The van der Waals surface area contributed by atoms with Crippen LogP contribution in [0.15, 0.2) is 25.3 Å². The van der Waals surface area contributed by atoms with Crippen LogP contribution >= 0.6 is 0 Å². The number of rotatable bonds is 0. The normalized spacial score (nSPS) is 3.92. The van der Waals surface area contributed by atoms with Crippen LogP contribution < -0.4 is 175 Å². The van der Waals surface area contributed by atoms with Crippen LogP contribution in [0.3, 0.4) is 0 Å². The monoisotopic (exact) mass is 580 g/mol. The quantitative estimate of drug-likeness (QED) is 0.299. The Morgan fingerprint density at radius 1 is 0.560 bits per heavy atom. The van der Waals surface area contributed by atoms with Gasteiger partial charge in [-0.15, -0.1) is 13.2 Å². The predicted molar refractivity (Wildman–Crippen MR) is 126 cm³/mol. The van der Waals surface area contributed by atoms with Gasteiger partial charge in [-0.3, -0.25) is 0 Å². The molecule has 0 amide bonds. The Hall–Kier alpha value is 4.90. The first-order valence-electron chi connectivity index (χ1n) is 5.10. The zero-order valence-corrected chi connectivity index (χ0v) is 29.9. The summed E-state index contributed by atoms with van der Waals surface area (Å²) >= 11 is 0. The predicted octanol–water partition coefficient (Wildman–Crippen LogP) is 1.25. The molecule has 3 heteroatoms. The van der Waals surface area contributed by atoms with Crippen LogP contribution in [0, 0.1) is 33.1 Å². The van der Waals surface area contributed by atoms with E-state index in [4.69, 9.17) is 0 Å². The molecule has 0 aromatic carbocycles. The smallest absolute Gasteiger partial charge is 0.358 e. The molecule has 0 N–H and O–H groups in total. The van der Waals surface area contributed by atoms with Crippen molar-refractivity contribution < 1.29 is 175 Å². The molecule has 0 aromatic rings. The zero-order chi connectivity index (χ0) is 12.6. The second-order valence-electron chi connectivity index (χ2n) is 3.60. The molecule has 0 aliphatic carbocycles. The third kappa shape index (κ3) is 872. The molecule has 0 bridgehead atoms. The second-order valence-corrected chi connectivity index (χ2v) is 3.60. The van der Waals surface area contributed by atoms with Crippen molar-refractivity contribution >= 4 is 0 Å². The third-order valence-electron chi connectivity index (χ3n) is 0. The van der Waals surface area contributed by atoms with E-state index in [-0.39, 0.29) is 234 Å². The average Bonchev–Trinajstić information content (AvgIpc) is 1.85. The minimum atomic E-state index is 0. The molecule has 0 radical (unpaired) electrons. The van der Waals surface area contributed by atoms with Crippen LogP contribution in [-0.4, -0.2) is 0 Å². The van der Waals surface area contributed by atoms with Crippen molar-refractivity contribution in [2.75, 3.05) is 0 Å². The third-order valence-corrected chi connectivity index (χ3v) is 0. The summed E-state index contributed by atoms with van der Waals surface area (Å²) in [7, 11) is 0. The second kappa shape index (κ2) is 135. The fourth-order valence-electron chi connectivity index (χ4n) is 0. The van der Waals surface area contributed by atoms with E-state index in [0.717, 1.165) is 0 Å². The molecule has 0 atom stereocenters. The van der Waals surface area contributed by atoms with E-state index in [1.807, 2.05) is 13.8 Å². The van der Waals surface area contributed by atoms with Gasteiger partial charge in [-0.2, -0.15) is 11.8 Å². The van der Waals surface area contributed by atoms with Crippen molar-refractivity contribution in [3.63, 3.8) is 0 Å². The van der Waals surface area contributed by atoms with E-state index in [1.54, 1.807) is 12.2 Å². The van der Waals surface area contributed by atoms with Crippen LogP contribution in [0.25, 0.3) is 0 Å². The number of hydrogen-bond acceptors (Lipinski definition) is 0. The molecular formula is C22H61Rb3. The summed E-state index contributed by atoms with van der Waals surface area (Å²) in [6.45, 7) is 26.0. The van der Waals surface area contributed by atoms with Crippen molar-refractivity contribution in [2.24, 2.45) is 11.8 Å². The first-order chi connectivity index (χ1) is 6.29. The first kappa shape index (κ1) is 113. The van der Waals surface area contributed by atoms with E-state index >= 15 is 0 Å². The van der Waals surface area contributed by atoms with Gasteiger partial charge in [0.25, 0.3) is 0 Å². The summed E-state index contributed by atoms with van der Waals surface area (Å²) in [6.07, 6.45) is 3.50. The molecule has 0 aromatic heterocycles. The Kier molecular flexibility index (Phi) is 608. The Balaban J connectivity index is -0.00000000360. The fraction of sp³-hybridized carbons (Fsp3) is 0.682. The van der Waals surface area contributed by atoms with Gasteiger partial charge in [0.05, 0.1) is 0 Å². The van der Waals surface area contributed by atoms with Crippen molar-refractivity contribution in [3.05, 3.63) is 46.6 Å². The molecule has 0 unspecified atom stereocenters. The molecule has 0 aliphatic heterocycles. The van der Waals surface area contributed by atoms with E-state index in [0.29, 0.717) is 11.8 Å². The van der Waals surface area contributed by atoms with E-state index in [2.05, 4.69) is 54.7 Å². The van der Waals surface area contributed by atoms with Crippen molar-refractivity contribution in [2.45, 2.75) is 93.5 Å². The van der Waals surface area contributed by atoms with E-state index in [1.165, 1.54) is 0 Å². The van der Waals surface area contributed by atoms with Gasteiger partial charge in [-0.1, -0.05) is 91.8 Å². The number of hydrogen-bond donors (Lipinski definition) is 0. The van der Waals surface area contributed by atoms with Crippen molar-refractivity contribution in [3.8, 4) is 0 Å². The molecule has 25 heavy (non-hydrogen) atoms. The molecular weight excluding hydrogens is 521 g/mol. The molecule has 0 spiro atoms. The Morgan fingerprint density at radius 3 is 0.560 bits per heavy atom. The van der Waals surface area contributed by atoms with Crippen LogP contribution in [0.1, 0.15) is 93.5 Å². The van der Waals surface area contributed by atoms with Crippen LogP contribution in [-0.2, 0) is 0 Å². The molecule has 0 saturated heterocycles. The fourth-order valence-corrected chi connectivity index (χ4v) is 0. The van der Waals surface area contributed by atoms with Gasteiger partial charge in [0, 0.05) is 0 Å². The summed E-state index contributed by atoms with van der Waals surface area (Å²) in [5.41, 5.74) is 0. The summed E-state index contributed by atoms with van der Waals surface area (Å²) in [4.78, 5) is 0.